The predicted octanol–water partition coefficient (Wildman–Crippen LogP) is 4.06. The Morgan fingerprint density at radius 3 is 2.38 bits per heavy atom. The SMILES string of the molecule is CCOC(=O)c1ccccc1N(C)[C@H](C)c1ccccc1. The highest BCUT2D eigenvalue weighted by molar-refractivity contribution is 5.95. The van der Waals surface area contributed by atoms with Crippen LogP contribution in [-0.4, -0.2) is 19.6 Å². The van der Waals surface area contributed by atoms with Crippen molar-refractivity contribution in [1.82, 2.24) is 0 Å². The molecule has 0 radical (unpaired) electrons. The van der Waals surface area contributed by atoms with Gasteiger partial charge >= 0.3 is 5.97 Å². The maximum absolute atomic E-state index is 12.1. The first-order valence-corrected chi connectivity index (χ1v) is 7.19. The number of carbonyl (C=O) groups is 1. The molecule has 0 saturated heterocycles. The number of carbonyl (C=O) groups excluding carboxylic acids is 1. The second kappa shape index (κ2) is 6.93. The fourth-order valence-corrected chi connectivity index (χ4v) is 2.33. The number of rotatable bonds is 5. The lowest BCUT2D eigenvalue weighted by molar-refractivity contribution is 0.0527. The molecule has 2 aromatic carbocycles. The summed E-state index contributed by atoms with van der Waals surface area (Å²) in [5.74, 6) is -0.278. The molecule has 0 N–H and O–H groups in total. The van der Waals surface area contributed by atoms with E-state index in [0.29, 0.717) is 12.2 Å². The van der Waals surface area contributed by atoms with E-state index in [4.69, 9.17) is 4.74 Å². The van der Waals surface area contributed by atoms with Crippen LogP contribution in [0.5, 0.6) is 0 Å². The topological polar surface area (TPSA) is 29.5 Å². The van der Waals surface area contributed by atoms with Gasteiger partial charge in [-0.3, -0.25) is 0 Å². The summed E-state index contributed by atoms with van der Waals surface area (Å²) in [5, 5.41) is 0. The van der Waals surface area contributed by atoms with Gasteiger partial charge in [-0.1, -0.05) is 42.5 Å². The average molecular weight is 283 g/mol. The molecular weight excluding hydrogens is 262 g/mol. The van der Waals surface area contributed by atoms with Crippen molar-refractivity contribution in [3.63, 3.8) is 0 Å². The number of esters is 1. The van der Waals surface area contributed by atoms with Gasteiger partial charge in [0.15, 0.2) is 0 Å². The summed E-state index contributed by atoms with van der Waals surface area (Å²) in [6.45, 7) is 4.32. The Morgan fingerprint density at radius 1 is 1.10 bits per heavy atom. The Hall–Kier alpha value is -2.29. The molecule has 0 aliphatic heterocycles. The van der Waals surface area contributed by atoms with Crippen LogP contribution in [0.15, 0.2) is 54.6 Å². The van der Waals surface area contributed by atoms with Gasteiger partial charge in [0.25, 0.3) is 0 Å². The van der Waals surface area contributed by atoms with Crippen LogP contribution in [0.25, 0.3) is 0 Å². The van der Waals surface area contributed by atoms with Crippen molar-refractivity contribution in [2.75, 3.05) is 18.6 Å². The van der Waals surface area contributed by atoms with Gasteiger partial charge in [0.05, 0.1) is 23.9 Å². The van der Waals surface area contributed by atoms with Crippen LogP contribution in [0.2, 0.25) is 0 Å². The van der Waals surface area contributed by atoms with E-state index in [9.17, 15) is 4.79 Å². The normalized spacial score (nSPS) is 11.8. The Balaban J connectivity index is 2.31. The van der Waals surface area contributed by atoms with Gasteiger partial charge in [-0.05, 0) is 31.5 Å². The summed E-state index contributed by atoms with van der Waals surface area (Å²) in [7, 11) is 2.00. The summed E-state index contributed by atoms with van der Waals surface area (Å²) < 4.78 is 5.14. The van der Waals surface area contributed by atoms with Gasteiger partial charge in [0.1, 0.15) is 0 Å². The Kier molecular flexibility index (Phi) is 4.99. The van der Waals surface area contributed by atoms with Crippen molar-refractivity contribution in [1.29, 1.82) is 0 Å². The molecule has 2 rings (SSSR count). The molecular formula is C18H21NO2. The highest BCUT2D eigenvalue weighted by Crippen LogP contribution is 2.28. The van der Waals surface area contributed by atoms with Crippen molar-refractivity contribution >= 4 is 11.7 Å². The van der Waals surface area contributed by atoms with Crippen LogP contribution in [-0.2, 0) is 4.74 Å². The van der Waals surface area contributed by atoms with Crippen LogP contribution < -0.4 is 4.90 Å². The van der Waals surface area contributed by atoms with E-state index < -0.39 is 0 Å². The lowest BCUT2D eigenvalue weighted by Crippen LogP contribution is -2.24. The third-order valence-electron chi connectivity index (χ3n) is 3.64. The number of anilines is 1. The quantitative estimate of drug-likeness (QED) is 0.775. The zero-order valence-corrected chi connectivity index (χ0v) is 12.7. The molecule has 0 unspecified atom stereocenters. The van der Waals surface area contributed by atoms with Crippen molar-refractivity contribution in [2.45, 2.75) is 19.9 Å². The lowest BCUT2D eigenvalue weighted by atomic mass is 10.1. The second-order valence-corrected chi connectivity index (χ2v) is 4.94. The highest BCUT2D eigenvalue weighted by atomic mass is 16.5. The molecule has 0 bridgehead atoms. The van der Waals surface area contributed by atoms with Crippen LogP contribution in [0.3, 0.4) is 0 Å². The molecule has 0 aromatic heterocycles. The smallest absolute Gasteiger partial charge is 0.340 e. The molecule has 2 aromatic rings. The van der Waals surface area contributed by atoms with Crippen molar-refractivity contribution in [3.8, 4) is 0 Å². The molecule has 0 saturated carbocycles. The fourth-order valence-electron chi connectivity index (χ4n) is 2.33. The molecule has 0 aliphatic rings. The Labute approximate surface area is 126 Å². The third-order valence-corrected chi connectivity index (χ3v) is 3.64. The minimum absolute atomic E-state index is 0.168. The van der Waals surface area contributed by atoms with Crippen LogP contribution in [0.4, 0.5) is 5.69 Å². The summed E-state index contributed by atoms with van der Waals surface area (Å²) in [5.41, 5.74) is 2.69. The van der Waals surface area contributed by atoms with Gasteiger partial charge in [0, 0.05) is 7.05 Å². The number of hydrogen-bond donors (Lipinski definition) is 0. The minimum atomic E-state index is -0.278. The van der Waals surface area contributed by atoms with E-state index >= 15 is 0 Å². The van der Waals surface area contributed by atoms with Crippen LogP contribution >= 0.6 is 0 Å². The van der Waals surface area contributed by atoms with E-state index in [0.717, 1.165) is 5.69 Å². The van der Waals surface area contributed by atoms with Crippen LogP contribution in [0.1, 0.15) is 35.8 Å². The molecule has 0 aliphatic carbocycles. The zero-order valence-electron chi connectivity index (χ0n) is 12.7. The molecule has 0 amide bonds. The molecule has 0 fully saturated rings. The Morgan fingerprint density at radius 2 is 1.71 bits per heavy atom. The molecule has 3 nitrogen and oxygen atoms in total. The number of ether oxygens (including phenoxy) is 1. The van der Waals surface area contributed by atoms with Gasteiger partial charge < -0.3 is 9.64 Å². The van der Waals surface area contributed by atoms with E-state index in [2.05, 4.69) is 24.0 Å². The first kappa shape index (κ1) is 15.1. The van der Waals surface area contributed by atoms with E-state index in [1.807, 2.05) is 56.4 Å². The van der Waals surface area contributed by atoms with Gasteiger partial charge in [0.2, 0.25) is 0 Å². The molecule has 21 heavy (non-hydrogen) atoms. The second-order valence-electron chi connectivity index (χ2n) is 4.94. The summed E-state index contributed by atoms with van der Waals surface area (Å²) >= 11 is 0. The predicted molar refractivity (Wildman–Crippen MR) is 85.7 cm³/mol. The fraction of sp³-hybridized carbons (Fsp3) is 0.278. The number of hydrogen-bond acceptors (Lipinski definition) is 3. The molecule has 110 valence electrons. The van der Waals surface area contributed by atoms with Crippen LogP contribution in [0, 0.1) is 0 Å². The molecule has 0 heterocycles. The summed E-state index contributed by atoms with van der Waals surface area (Å²) in [6.07, 6.45) is 0. The summed E-state index contributed by atoms with van der Waals surface area (Å²) in [4.78, 5) is 14.2. The van der Waals surface area contributed by atoms with Gasteiger partial charge in [-0.15, -0.1) is 0 Å². The monoisotopic (exact) mass is 283 g/mol. The van der Waals surface area contributed by atoms with Gasteiger partial charge in [-0.2, -0.15) is 0 Å². The molecule has 1 atom stereocenters. The van der Waals surface area contributed by atoms with Crippen molar-refractivity contribution in [2.24, 2.45) is 0 Å². The maximum Gasteiger partial charge on any atom is 0.340 e. The Bertz CT molecular complexity index is 595. The number of nitrogens with zero attached hydrogens (tertiary/aromatic N) is 1. The van der Waals surface area contributed by atoms with Gasteiger partial charge in [-0.25, -0.2) is 4.79 Å². The first-order valence-electron chi connectivity index (χ1n) is 7.19. The highest BCUT2D eigenvalue weighted by Gasteiger charge is 2.19. The first-order chi connectivity index (χ1) is 10.1. The zero-order chi connectivity index (χ0) is 15.2. The maximum atomic E-state index is 12.1. The largest absolute Gasteiger partial charge is 0.462 e. The van der Waals surface area contributed by atoms with Crippen molar-refractivity contribution < 1.29 is 9.53 Å². The standard InChI is InChI=1S/C18H21NO2/c1-4-21-18(20)16-12-8-9-13-17(16)19(3)14(2)15-10-6-5-7-11-15/h5-14H,4H2,1-3H3/t14-/m1/s1. The minimum Gasteiger partial charge on any atom is -0.462 e. The number of benzene rings is 2. The van der Waals surface area contributed by atoms with Crippen molar-refractivity contribution in [3.05, 3.63) is 65.7 Å². The third kappa shape index (κ3) is 3.43. The summed E-state index contributed by atoms with van der Waals surface area (Å²) in [6, 6.07) is 18.0. The lowest BCUT2D eigenvalue weighted by Gasteiger charge is -2.29. The van der Waals surface area contributed by atoms with E-state index in [1.54, 1.807) is 0 Å². The average Bonchev–Trinajstić information content (AvgIpc) is 2.54. The molecule has 3 heteroatoms. The molecule has 0 spiro atoms. The van der Waals surface area contributed by atoms with E-state index in [1.165, 1.54) is 5.56 Å². The van der Waals surface area contributed by atoms with E-state index in [-0.39, 0.29) is 12.0 Å². The number of para-hydroxylation sites is 1.